The van der Waals surface area contributed by atoms with Crippen molar-refractivity contribution in [3.05, 3.63) is 35.9 Å². The fourth-order valence-electron chi connectivity index (χ4n) is 3.03. The van der Waals surface area contributed by atoms with Crippen molar-refractivity contribution in [3.8, 4) is 0 Å². The Bertz CT molecular complexity index is 358. The Morgan fingerprint density at radius 2 is 1.60 bits per heavy atom. The van der Waals surface area contributed by atoms with Gasteiger partial charge in [0.1, 0.15) is 0 Å². The van der Waals surface area contributed by atoms with Crippen LogP contribution in [0.5, 0.6) is 0 Å². The fourth-order valence-corrected chi connectivity index (χ4v) is 3.03. The number of nitrogens with zero attached hydrogens (tertiary/aromatic N) is 2. The number of hydrogen-bond donors (Lipinski definition) is 1. The summed E-state index contributed by atoms with van der Waals surface area (Å²) in [7, 11) is 2.07. The molecule has 1 aliphatic heterocycles. The minimum Gasteiger partial charge on any atom is -0.313 e. The van der Waals surface area contributed by atoms with Crippen molar-refractivity contribution >= 4 is 0 Å². The van der Waals surface area contributed by atoms with E-state index in [0.29, 0.717) is 6.04 Å². The molecule has 0 spiro atoms. The summed E-state index contributed by atoms with van der Waals surface area (Å²) in [5.41, 5.74) is 1.40. The van der Waals surface area contributed by atoms with Crippen LogP contribution in [0.1, 0.15) is 31.4 Å². The van der Waals surface area contributed by atoms with Gasteiger partial charge in [0.05, 0.1) is 0 Å². The molecule has 1 fully saturated rings. The van der Waals surface area contributed by atoms with Gasteiger partial charge in [-0.25, -0.2) is 0 Å². The highest BCUT2D eigenvalue weighted by molar-refractivity contribution is 5.18. The highest BCUT2D eigenvalue weighted by Crippen LogP contribution is 2.16. The topological polar surface area (TPSA) is 18.5 Å². The Morgan fingerprint density at radius 3 is 2.15 bits per heavy atom. The first kappa shape index (κ1) is 15.5. The Morgan fingerprint density at radius 1 is 1.00 bits per heavy atom. The van der Waals surface area contributed by atoms with Gasteiger partial charge in [-0.3, -0.25) is 0 Å². The average molecular weight is 275 g/mol. The monoisotopic (exact) mass is 275 g/mol. The summed E-state index contributed by atoms with van der Waals surface area (Å²) in [6.07, 6.45) is 2.46. The summed E-state index contributed by atoms with van der Waals surface area (Å²) in [5, 5.41) is 3.45. The van der Waals surface area contributed by atoms with E-state index in [9.17, 15) is 0 Å². The van der Waals surface area contributed by atoms with E-state index in [4.69, 9.17) is 0 Å². The molecule has 0 aliphatic carbocycles. The van der Waals surface area contributed by atoms with Crippen LogP contribution in [0.4, 0.5) is 0 Å². The van der Waals surface area contributed by atoms with Crippen LogP contribution in [0.25, 0.3) is 0 Å². The molecule has 1 unspecified atom stereocenters. The van der Waals surface area contributed by atoms with E-state index in [2.05, 4.69) is 59.4 Å². The van der Waals surface area contributed by atoms with Gasteiger partial charge in [0, 0.05) is 38.8 Å². The van der Waals surface area contributed by atoms with Crippen LogP contribution >= 0.6 is 0 Å². The van der Waals surface area contributed by atoms with E-state index in [-0.39, 0.29) is 0 Å². The number of benzene rings is 1. The van der Waals surface area contributed by atoms with Gasteiger partial charge in [-0.05, 0) is 32.0 Å². The summed E-state index contributed by atoms with van der Waals surface area (Å²) in [4.78, 5) is 5.20. The van der Waals surface area contributed by atoms with Gasteiger partial charge >= 0.3 is 0 Å². The first-order chi connectivity index (χ1) is 9.83. The van der Waals surface area contributed by atoms with E-state index in [1.165, 1.54) is 57.7 Å². The zero-order valence-corrected chi connectivity index (χ0v) is 13.0. The summed E-state index contributed by atoms with van der Waals surface area (Å²) >= 11 is 0. The molecule has 1 heterocycles. The summed E-state index contributed by atoms with van der Waals surface area (Å²) < 4.78 is 0. The minimum absolute atomic E-state index is 0.477. The van der Waals surface area contributed by atoms with Crippen molar-refractivity contribution in [2.24, 2.45) is 0 Å². The van der Waals surface area contributed by atoms with Gasteiger partial charge in [-0.2, -0.15) is 0 Å². The van der Waals surface area contributed by atoms with Gasteiger partial charge in [-0.15, -0.1) is 0 Å². The molecule has 0 radical (unpaired) electrons. The van der Waals surface area contributed by atoms with Crippen LogP contribution in [0.2, 0.25) is 0 Å². The van der Waals surface area contributed by atoms with E-state index >= 15 is 0 Å². The minimum atomic E-state index is 0.477. The summed E-state index contributed by atoms with van der Waals surface area (Å²) in [6, 6.07) is 11.3. The second-order valence-corrected chi connectivity index (χ2v) is 5.72. The predicted octanol–water partition coefficient (Wildman–Crippen LogP) is 2.36. The van der Waals surface area contributed by atoms with Crippen molar-refractivity contribution < 1.29 is 0 Å². The van der Waals surface area contributed by atoms with Gasteiger partial charge in [0.2, 0.25) is 0 Å². The molecule has 1 N–H and O–H groups in total. The molecule has 0 amide bonds. The van der Waals surface area contributed by atoms with Crippen molar-refractivity contribution in [1.29, 1.82) is 0 Å². The van der Waals surface area contributed by atoms with Gasteiger partial charge in [-0.1, -0.05) is 37.3 Å². The fraction of sp³-hybridized carbons (Fsp3) is 0.647. The quantitative estimate of drug-likeness (QED) is 0.824. The third-order valence-corrected chi connectivity index (χ3v) is 4.29. The lowest BCUT2D eigenvalue weighted by molar-refractivity contribution is 0.129. The van der Waals surface area contributed by atoms with Crippen molar-refractivity contribution in [1.82, 2.24) is 15.1 Å². The third-order valence-electron chi connectivity index (χ3n) is 4.29. The van der Waals surface area contributed by atoms with Crippen LogP contribution in [0.3, 0.4) is 0 Å². The predicted molar refractivity (Wildman–Crippen MR) is 86.0 cm³/mol. The largest absolute Gasteiger partial charge is 0.313 e. The molecule has 20 heavy (non-hydrogen) atoms. The molecular weight excluding hydrogens is 246 g/mol. The molecule has 3 heteroatoms. The standard InChI is InChI=1S/C17H29N3/c1-3-10-19-12-14-20(15-13-19)11-9-17(18-2)16-7-5-4-6-8-16/h4-8,17-18H,3,9-15H2,1-2H3. The van der Waals surface area contributed by atoms with Crippen molar-refractivity contribution in [2.75, 3.05) is 46.3 Å². The van der Waals surface area contributed by atoms with Crippen LogP contribution in [-0.2, 0) is 0 Å². The Kier molecular flexibility index (Phi) is 6.51. The third kappa shape index (κ3) is 4.58. The maximum Gasteiger partial charge on any atom is 0.0329 e. The molecular formula is C17H29N3. The van der Waals surface area contributed by atoms with Crippen LogP contribution in [0, 0.1) is 0 Å². The Hall–Kier alpha value is -0.900. The summed E-state index contributed by atoms with van der Waals surface area (Å²) in [6.45, 7) is 9.66. The van der Waals surface area contributed by atoms with Crippen LogP contribution < -0.4 is 5.32 Å². The number of piperazine rings is 1. The Balaban J connectivity index is 1.75. The smallest absolute Gasteiger partial charge is 0.0329 e. The molecule has 1 atom stereocenters. The average Bonchev–Trinajstić information content (AvgIpc) is 2.51. The van der Waals surface area contributed by atoms with Crippen molar-refractivity contribution in [3.63, 3.8) is 0 Å². The zero-order valence-electron chi connectivity index (χ0n) is 13.0. The second kappa shape index (κ2) is 8.40. The molecule has 3 nitrogen and oxygen atoms in total. The number of nitrogens with one attached hydrogen (secondary N) is 1. The van der Waals surface area contributed by atoms with Gasteiger partial charge < -0.3 is 15.1 Å². The van der Waals surface area contributed by atoms with E-state index in [1.54, 1.807) is 0 Å². The zero-order chi connectivity index (χ0) is 14.2. The molecule has 1 saturated heterocycles. The highest BCUT2D eigenvalue weighted by Gasteiger charge is 2.17. The molecule has 1 aromatic rings. The molecule has 0 bridgehead atoms. The lowest BCUT2D eigenvalue weighted by atomic mass is 10.0. The molecule has 112 valence electrons. The van der Waals surface area contributed by atoms with Gasteiger partial charge in [0.15, 0.2) is 0 Å². The van der Waals surface area contributed by atoms with Crippen molar-refractivity contribution in [2.45, 2.75) is 25.8 Å². The van der Waals surface area contributed by atoms with E-state index in [0.717, 1.165) is 0 Å². The number of hydrogen-bond acceptors (Lipinski definition) is 3. The lowest BCUT2D eigenvalue weighted by Gasteiger charge is -2.35. The maximum atomic E-state index is 3.45. The first-order valence-electron chi connectivity index (χ1n) is 8.00. The normalized spacial score (nSPS) is 19.1. The molecule has 1 aromatic carbocycles. The van der Waals surface area contributed by atoms with E-state index < -0.39 is 0 Å². The van der Waals surface area contributed by atoms with Crippen LogP contribution in [0.15, 0.2) is 30.3 Å². The number of rotatable bonds is 7. The Labute approximate surface area is 124 Å². The lowest BCUT2D eigenvalue weighted by Crippen LogP contribution is -2.47. The molecule has 1 aliphatic rings. The molecule has 2 rings (SSSR count). The highest BCUT2D eigenvalue weighted by atomic mass is 15.3. The molecule has 0 saturated carbocycles. The molecule has 0 aromatic heterocycles. The van der Waals surface area contributed by atoms with E-state index in [1.807, 2.05) is 0 Å². The first-order valence-corrected chi connectivity index (χ1v) is 8.00. The summed E-state index contributed by atoms with van der Waals surface area (Å²) in [5.74, 6) is 0. The van der Waals surface area contributed by atoms with Gasteiger partial charge in [0.25, 0.3) is 0 Å². The maximum absolute atomic E-state index is 3.45. The second-order valence-electron chi connectivity index (χ2n) is 5.72. The SMILES string of the molecule is CCCN1CCN(CCC(NC)c2ccccc2)CC1. The van der Waals surface area contributed by atoms with Crippen LogP contribution in [-0.4, -0.2) is 56.1 Å².